The predicted molar refractivity (Wildman–Crippen MR) is 138 cm³/mol. The summed E-state index contributed by atoms with van der Waals surface area (Å²) in [4.78, 5) is 8.64. The number of rotatable bonds is 7. The monoisotopic (exact) mass is 578 g/mol. The molecular weight excluding hydrogens is 553 g/mol. The molecule has 0 aliphatic carbocycles. The highest BCUT2D eigenvalue weighted by Gasteiger charge is 2.34. The molecule has 0 N–H and O–H groups in total. The number of quaternary nitrogens is 1. The van der Waals surface area contributed by atoms with Gasteiger partial charge >= 0.3 is 6.36 Å². The van der Waals surface area contributed by atoms with Gasteiger partial charge in [-0.15, -0.1) is 18.3 Å². The van der Waals surface area contributed by atoms with Crippen LogP contribution in [0.4, 0.5) is 18.9 Å². The predicted octanol–water partition coefficient (Wildman–Crippen LogP) is 4.26. The van der Waals surface area contributed by atoms with Crippen molar-refractivity contribution in [3.8, 4) is 28.9 Å². The molecule has 40 heavy (non-hydrogen) atoms. The van der Waals surface area contributed by atoms with Gasteiger partial charge in [0, 0.05) is 30.7 Å². The minimum absolute atomic E-state index is 0.0269. The fourth-order valence-corrected chi connectivity index (χ4v) is 5.69. The first kappa shape index (κ1) is 27.7. The van der Waals surface area contributed by atoms with Gasteiger partial charge in [-0.25, -0.2) is 18.1 Å². The van der Waals surface area contributed by atoms with E-state index in [0.29, 0.717) is 36.5 Å². The lowest BCUT2D eigenvalue weighted by molar-refractivity contribution is -0.274. The van der Waals surface area contributed by atoms with Crippen LogP contribution in [-0.4, -0.2) is 64.3 Å². The SMILES string of the molecule is Cc1nc(-c2nc(-c3ccc(OC(F)(F)F)cc3)no2)nn1Cc1cccc([N+]2([O-])CCC(S(C)(=O)=O)CC2)c1. The molecule has 1 aliphatic heterocycles. The van der Waals surface area contributed by atoms with Gasteiger partial charge in [-0.1, -0.05) is 17.3 Å². The Morgan fingerprint density at radius 3 is 2.45 bits per heavy atom. The molecule has 1 aliphatic rings. The minimum atomic E-state index is -4.79. The zero-order chi connectivity index (χ0) is 28.7. The van der Waals surface area contributed by atoms with E-state index in [1.165, 1.54) is 18.4 Å². The first-order valence-electron chi connectivity index (χ1n) is 12.3. The summed E-state index contributed by atoms with van der Waals surface area (Å²) in [6.45, 7) is 2.42. The third-order valence-corrected chi connectivity index (χ3v) is 8.45. The Hall–Kier alpha value is -3.82. The minimum Gasteiger partial charge on any atom is -0.627 e. The molecule has 2 aromatic heterocycles. The van der Waals surface area contributed by atoms with Gasteiger partial charge in [0.1, 0.15) is 17.3 Å². The molecule has 212 valence electrons. The van der Waals surface area contributed by atoms with E-state index >= 15 is 0 Å². The number of halogens is 3. The number of benzene rings is 2. The number of sulfone groups is 1. The highest BCUT2D eigenvalue weighted by molar-refractivity contribution is 7.91. The molecule has 0 amide bonds. The zero-order valence-electron chi connectivity index (χ0n) is 21.5. The number of hydroxylamine groups is 2. The molecule has 15 heteroatoms. The lowest BCUT2D eigenvalue weighted by Gasteiger charge is -2.46. The molecule has 2 aromatic carbocycles. The lowest BCUT2D eigenvalue weighted by Crippen LogP contribution is -2.51. The quantitative estimate of drug-likeness (QED) is 0.233. The molecule has 4 aromatic rings. The first-order chi connectivity index (χ1) is 18.8. The van der Waals surface area contributed by atoms with Crippen molar-refractivity contribution < 1.29 is 30.8 Å². The van der Waals surface area contributed by atoms with Gasteiger partial charge in [0.2, 0.25) is 11.6 Å². The molecule has 3 heterocycles. The van der Waals surface area contributed by atoms with Crippen LogP contribution < -0.4 is 9.38 Å². The second-order valence-electron chi connectivity index (χ2n) is 9.67. The van der Waals surface area contributed by atoms with Crippen molar-refractivity contribution in [2.45, 2.75) is 37.9 Å². The zero-order valence-corrected chi connectivity index (χ0v) is 22.3. The maximum absolute atomic E-state index is 13.5. The van der Waals surface area contributed by atoms with Crippen LogP contribution in [0.15, 0.2) is 53.1 Å². The third-order valence-electron chi connectivity index (χ3n) is 6.76. The highest BCUT2D eigenvalue weighted by atomic mass is 32.2. The highest BCUT2D eigenvalue weighted by Crippen LogP contribution is 2.31. The Morgan fingerprint density at radius 1 is 1.10 bits per heavy atom. The summed E-state index contributed by atoms with van der Waals surface area (Å²) in [6.07, 6.45) is -2.95. The van der Waals surface area contributed by atoms with E-state index in [2.05, 4.69) is 25.0 Å². The summed E-state index contributed by atoms with van der Waals surface area (Å²) < 4.78 is 71.1. The van der Waals surface area contributed by atoms with E-state index in [0.717, 1.165) is 17.7 Å². The van der Waals surface area contributed by atoms with Crippen LogP contribution >= 0.6 is 0 Å². The van der Waals surface area contributed by atoms with Crippen molar-refractivity contribution in [2.24, 2.45) is 0 Å². The van der Waals surface area contributed by atoms with Crippen molar-refractivity contribution >= 4 is 15.5 Å². The largest absolute Gasteiger partial charge is 0.627 e. The van der Waals surface area contributed by atoms with E-state index in [4.69, 9.17) is 4.52 Å². The smallest absolute Gasteiger partial charge is 0.573 e. The molecular formula is C25H25F3N6O5S. The summed E-state index contributed by atoms with van der Waals surface area (Å²) >= 11 is 0. The van der Waals surface area contributed by atoms with Crippen molar-refractivity contribution in [2.75, 3.05) is 19.3 Å². The van der Waals surface area contributed by atoms with Gasteiger partial charge < -0.3 is 19.1 Å². The maximum Gasteiger partial charge on any atom is 0.573 e. The molecule has 0 bridgehead atoms. The molecule has 5 rings (SSSR count). The molecule has 0 radical (unpaired) electrons. The molecule has 1 fully saturated rings. The van der Waals surface area contributed by atoms with Crippen LogP contribution in [-0.2, 0) is 16.4 Å². The third kappa shape index (κ3) is 6.16. The number of piperidine rings is 1. The molecule has 0 atom stereocenters. The molecule has 0 spiro atoms. The Balaban J connectivity index is 1.29. The van der Waals surface area contributed by atoms with Gasteiger partial charge in [0.05, 0.1) is 24.9 Å². The fraction of sp³-hybridized carbons (Fsp3) is 0.360. The topological polar surface area (TPSA) is 136 Å². The van der Waals surface area contributed by atoms with Gasteiger partial charge in [0.15, 0.2) is 9.84 Å². The Labute approximate surface area is 227 Å². The maximum atomic E-state index is 13.5. The fourth-order valence-electron chi connectivity index (χ4n) is 4.63. The number of alkyl halides is 3. The normalized spacial score (nSPS) is 20.0. The lowest BCUT2D eigenvalue weighted by atomic mass is 10.1. The van der Waals surface area contributed by atoms with E-state index < -0.39 is 26.1 Å². The summed E-state index contributed by atoms with van der Waals surface area (Å²) in [5.41, 5.74) is 1.77. The number of nitrogens with zero attached hydrogens (tertiary/aromatic N) is 6. The number of hydrogen-bond acceptors (Lipinski definition) is 9. The summed E-state index contributed by atoms with van der Waals surface area (Å²) in [7, 11) is -3.18. The van der Waals surface area contributed by atoms with Gasteiger partial charge in [-0.2, -0.15) is 4.98 Å². The number of hydrogen-bond donors (Lipinski definition) is 0. The van der Waals surface area contributed by atoms with Crippen molar-refractivity contribution in [1.29, 1.82) is 0 Å². The van der Waals surface area contributed by atoms with Crippen LogP contribution in [0.3, 0.4) is 0 Å². The van der Waals surface area contributed by atoms with Crippen LogP contribution in [0.2, 0.25) is 0 Å². The van der Waals surface area contributed by atoms with Crippen molar-refractivity contribution in [1.82, 2.24) is 29.6 Å². The van der Waals surface area contributed by atoms with Crippen molar-refractivity contribution in [3.63, 3.8) is 0 Å². The average molecular weight is 579 g/mol. The number of aryl methyl sites for hydroxylation is 1. The van der Waals surface area contributed by atoms with E-state index in [9.17, 15) is 26.8 Å². The standard InChI is InChI=1S/C25H25F3N6O5S/c1-16-29-23(24-30-22(32-39-24)18-6-8-20(9-7-18)38-25(26,27)28)31-33(16)15-17-4-3-5-19(14-17)34(35)12-10-21(11-13-34)40(2,36)37/h3-9,14,21H,10-13,15H2,1-2H3. The Morgan fingerprint density at radius 2 is 1.80 bits per heavy atom. The second kappa shape index (κ2) is 10.3. The number of ether oxygens (including phenoxy) is 1. The van der Waals surface area contributed by atoms with Crippen LogP contribution in [0.1, 0.15) is 24.2 Å². The molecule has 0 unspecified atom stereocenters. The second-order valence-corrected chi connectivity index (χ2v) is 12.0. The first-order valence-corrected chi connectivity index (χ1v) is 14.2. The Kier molecular flexibility index (Phi) is 7.14. The van der Waals surface area contributed by atoms with Gasteiger partial charge in [-0.3, -0.25) is 0 Å². The average Bonchev–Trinajstić information content (AvgIpc) is 3.51. The number of aromatic nitrogens is 5. The van der Waals surface area contributed by atoms with Gasteiger partial charge in [-0.05, 0) is 42.8 Å². The summed E-state index contributed by atoms with van der Waals surface area (Å²) in [6, 6.07) is 12.2. The van der Waals surface area contributed by atoms with E-state index in [1.54, 1.807) is 29.8 Å². The van der Waals surface area contributed by atoms with Crippen LogP contribution in [0, 0.1) is 12.1 Å². The van der Waals surface area contributed by atoms with Crippen molar-refractivity contribution in [3.05, 3.63) is 65.1 Å². The van der Waals surface area contributed by atoms with Crippen LogP contribution in [0.5, 0.6) is 5.75 Å². The van der Waals surface area contributed by atoms with E-state index in [-0.39, 0.29) is 36.4 Å². The van der Waals surface area contributed by atoms with E-state index in [1.807, 2.05) is 6.07 Å². The van der Waals surface area contributed by atoms with Gasteiger partial charge in [0.25, 0.3) is 5.89 Å². The summed E-state index contributed by atoms with van der Waals surface area (Å²) in [5.74, 6) is 0.509. The Bertz CT molecular complexity index is 1610. The molecule has 1 saturated heterocycles. The van der Waals surface area contributed by atoms with Crippen LogP contribution in [0.25, 0.3) is 23.1 Å². The molecule has 0 saturated carbocycles. The summed E-state index contributed by atoms with van der Waals surface area (Å²) in [5, 5.41) is 21.3. The molecule has 11 nitrogen and oxygen atoms in total.